The lowest BCUT2D eigenvalue weighted by Gasteiger charge is -2.14. The van der Waals surface area contributed by atoms with Crippen LogP contribution in [0.15, 0.2) is 54.1 Å². The number of ether oxygens (including phenoxy) is 2. The largest absolute Gasteiger partial charge is 0.573 e. The van der Waals surface area contributed by atoms with Gasteiger partial charge in [-0.3, -0.25) is 0 Å². The van der Waals surface area contributed by atoms with Crippen molar-refractivity contribution in [3.63, 3.8) is 0 Å². The number of phenolic OH excluding ortho intramolecular Hbond substituents is 1. The number of alkyl halides is 3. The van der Waals surface area contributed by atoms with Gasteiger partial charge in [-0.1, -0.05) is 18.2 Å². The Hall–Kier alpha value is -3.16. The molecule has 0 atom stereocenters. The number of rotatable bonds is 2. The highest BCUT2D eigenvalue weighted by molar-refractivity contribution is 5.93. The van der Waals surface area contributed by atoms with Gasteiger partial charge in [-0.15, -0.1) is 13.2 Å². The number of halogens is 3. The first kappa shape index (κ1) is 18.2. The minimum absolute atomic E-state index is 0.107. The van der Waals surface area contributed by atoms with Gasteiger partial charge in [0.25, 0.3) is 0 Å². The van der Waals surface area contributed by atoms with E-state index in [9.17, 15) is 18.0 Å². The zero-order valence-electron chi connectivity index (χ0n) is 12.7. The second kappa shape index (κ2) is 7.61. The van der Waals surface area contributed by atoms with Crippen LogP contribution < -0.4 is 9.47 Å². The minimum Gasteiger partial charge on any atom is -0.508 e. The average molecular weight is 354 g/mol. The average Bonchev–Trinajstić information content (AvgIpc) is 2.56. The predicted molar refractivity (Wildman–Crippen MR) is 82.3 cm³/mol. The maximum atomic E-state index is 11.6. The first-order chi connectivity index (χ1) is 11.7. The van der Waals surface area contributed by atoms with Crippen molar-refractivity contribution in [3.05, 3.63) is 59.7 Å². The van der Waals surface area contributed by atoms with Gasteiger partial charge in [0, 0.05) is 5.56 Å². The van der Waals surface area contributed by atoms with E-state index in [1.165, 1.54) is 0 Å². The van der Waals surface area contributed by atoms with Crippen molar-refractivity contribution >= 4 is 12.0 Å². The fourth-order valence-electron chi connectivity index (χ4n) is 1.89. The Bertz CT molecular complexity index is 767. The summed E-state index contributed by atoms with van der Waals surface area (Å²) >= 11 is 0. The fourth-order valence-corrected chi connectivity index (χ4v) is 1.89. The number of aromatic hydroxyl groups is 1. The van der Waals surface area contributed by atoms with Crippen LogP contribution in [0.1, 0.15) is 5.56 Å². The summed E-state index contributed by atoms with van der Waals surface area (Å²) in [6.45, 7) is 0.145. The van der Waals surface area contributed by atoms with E-state index in [4.69, 9.17) is 14.9 Å². The summed E-state index contributed by atoms with van der Waals surface area (Å²) in [5.41, 5.74) is 1.12. The molecule has 0 spiro atoms. The van der Waals surface area contributed by atoms with Crippen molar-refractivity contribution in [2.45, 2.75) is 6.36 Å². The molecule has 2 N–H and O–H groups in total. The number of benzene rings is 2. The first-order valence-corrected chi connectivity index (χ1v) is 6.95. The number of aliphatic carboxylic acids is 1. The SMILES string of the molecule is O=C(O)C1=Cc2ccccc2OC1.Oc1ccc(OC(F)(F)F)cc1. The van der Waals surface area contributed by atoms with Crippen molar-refractivity contribution in [2.75, 3.05) is 6.61 Å². The molecule has 3 rings (SSSR count). The van der Waals surface area contributed by atoms with E-state index in [1.807, 2.05) is 24.3 Å². The van der Waals surface area contributed by atoms with Crippen LogP contribution in [-0.2, 0) is 4.79 Å². The summed E-state index contributed by atoms with van der Waals surface area (Å²) < 4.78 is 43.5. The maximum Gasteiger partial charge on any atom is 0.573 e. The summed E-state index contributed by atoms with van der Waals surface area (Å²) in [4.78, 5) is 10.6. The standard InChI is InChI=1S/C10H8O3.C7H5F3O2/c11-10(12)8-5-7-3-1-2-4-9(7)13-6-8;8-7(9,10)12-6-3-1-5(11)2-4-6/h1-5H,6H2,(H,11,12);1-4,11H. The van der Waals surface area contributed by atoms with Crippen LogP contribution in [-0.4, -0.2) is 29.2 Å². The molecule has 0 amide bonds. The third-order valence-electron chi connectivity index (χ3n) is 2.98. The van der Waals surface area contributed by atoms with Crippen molar-refractivity contribution in [2.24, 2.45) is 0 Å². The number of carboxylic acids is 1. The molecule has 8 heteroatoms. The summed E-state index contributed by atoms with van der Waals surface area (Å²) in [6.07, 6.45) is -3.04. The van der Waals surface area contributed by atoms with Gasteiger partial charge < -0.3 is 19.7 Å². The van der Waals surface area contributed by atoms with E-state index in [0.717, 1.165) is 35.6 Å². The molecule has 0 bridgehead atoms. The smallest absolute Gasteiger partial charge is 0.508 e. The molecule has 0 unspecified atom stereocenters. The van der Waals surface area contributed by atoms with Crippen molar-refractivity contribution in [1.29, 1.82) is 0 Å². The number of phenols is 1. The van der Waals surface area contributed by atoms with Gasteiger partial charge in [-0.25, -0.2) is 4.79 Å². The summed E-state index contributed by atoms with van der Waals surface area (Å²) in [5, 5.41) is 17.4. The number of carbonyl (C=O) groups is 1. The molecule has 132 valence electrons. The Morgan fingerprint density at radius 1 is 1.08 bits per heavy atom. The molecule has 25 heavy (non-hydrogen) atoms. The molecule has 2 aromatic carbocycles. The molecule has 1 aliphatic heterocycles. The second-order valence-corrected chi connectivity index (χ2v) is 4.84. The molecule has 1 aliphatic rings. The Morgan fingerprint density at radius 2 is 1.72 bits per heavy atom. The number of fused-ring (bicyclic) bond motifs is 1. The molecule has 0 aliphatic carbocycles. The van der Waals surface area contributed by atoms with Crippen LogP contribution in [0.25, 0.3) is 6.08 Å². The molecule has 0 aromatic heterocycles. The van der Waals surface area contributed by atoms with Gasteiger partial charge >= 0.3 is 12.3 Å². The second-order valence-electron chi connectivity index (χ2n) is 4.84. The highest BCUT2D eigenvalue weighted by atomic mass is 19.4. The molecule has 0 radical (unpaired) electrons. The molecule has 0 saturated carbocycles. The molecule has 1 heterocycles. The number of hydrogen-bond donors (Lipinski definition) is 2. The van der Waals surface area contributed by atoms with E-state index < -0.39 is 12.3 Å². The maximum absolute atomic E-state index is 11.6. The Balaban J connectivity index is 0.000000181. The van der Waals surface area contributed by atoms with Gasteiger partial charge in [0.1, 0.15) is 23.9 Å². The Morgan fingerprint density at radius 3 is 2.32 bits per heavy atom. The van der Waals surface area contributed by atoms with Crippen LogP contribution >= 0.6 is 0 Å². The first-order valence-electron chi connectivity index (χ1n) is 6.95. The molecule has 0 saturated heterocycles. The lowest BCUT2D eigenvalue weighted by Crippen LogP contribution is -2.16. The molecule has 5 nitrogen and oxygen atoms in total. The summed E-state index contributed by atoms with van der Waals surface area (Å²) in [5.74, 6) is -0.633. The normalized spacial score (nSPS) is 12.7. The Kier molecular flexibility index (Phi) is 5.53. The van der Waals surface area contributed by atoms with Crippen LogP contribution in [0.2, 0.25) is 0 Å². The van der Waals surface area contributed by atoms with E-state index in [1.54, 1.807) is 6.08 Å². The monoisotopic (exact) mass is 354 g/mol. The van der Waals surface area contributed by atoms with E-state index >= 15 is 0 Å². The van der Waals surface area contributed by atoms with Gasteiger partial charge in [-0.2, -0.15) is 0 Å². The number of carboxylic acid groups (broad SMARTS) is 1. The van der Waals surface area contributed by atoms with Crippen molar-refractivity contribution < 1.29 is 37.7 Å². The summed E-state index contributed by atoms with van der Waals surface area (Å²) in [7, 11) is 0. The third-order valence-corrected chi connectivity index (χ3v) is 2.98. The van der Waals surface area contributed by atoms with E-state index in [-0.39, 0.29) is 18.1 Å². The minimum atomic E-state index is -4.68. The van der Waals surface area contributed by atoms with Crippen molar-refractivity contribution in [1.82, 2.24) is 0 Å². The predicted octanol–water partition coefficient (Wildman–Crippen LogP) is 3.84. The lowest BCUT2D eigenvalue weighted by atomic mass is 10.1. The Labute approximate surface area is 140 Å². The van der Waals surface area contributed by atoms with Gasteiger partial charge in [-0.05, 0) is 36.4 Å². The number of hydrogen-bond acceptors (Lipinski definition) is 4. The van der Waals surface area contributed by atoms with E-state index in [2.05, 4.69) is 4.74 Å². The van der Waals surface area contributed by atoms with E-state index in [0.29, 0.717) is 5.57 Å². The zero-order valence-corrected chi connectivity index (χ0v) is 12.7. The van der Waals surface area contributed by atoms with Crippen LogP contribution in [0, 0.1) is 0 Å². The summed E-state index contributed by atoms with van der Waals surface area (Å²) in [6, 6.07) is 11.7. The third kappa shape index (κ3) is 5.76. The van der Waals surface area contributed by atoms with Gasteiger partial charge in [0.15, 0.2) is 0 Å². The fraction of sp³-hybridized carbons (Fsp3) is 0.118. The topological polar surface area (TPSA) is 76.0 Å². The van der Waals surface area contributed by atoms with Crippen molar-refractivity contribution in [3.8, 4) is 17.2 Å². The quantitative estimate of drug-likeness (QED) is 0.857. The molecule has 0 fully saturated rings. The van der Waals surface area contributed by atoms with Gasteiger partial charge in [0.05, 0.1) is 5.57 Å². The van der Waals surface area contributed by atoms with Crippen LogP contribution in [0.5, 0.6) is 17.2 Å². The highest BCUT2D eigenvalue weighted by Gasteiger charge is 2.30. The molecule has 2 aromatic rings. The van der Waals surface area contributed by atoms with Crippen LogP contribution in [0.4, 0.5) is 13.2 Å². The highest BCUT2D eigenvalue weighted by Crippen LogP contribution is 2.25. The van der Waals surface area contributed by atoms with Gasteiger partial charge in [0.2, 0.25) is 0 Å². The number of para-hydroxylation sites is 1. The molecular weight excluding hydrogens is 341 g/mol. The lowest BCUT2D eigenvalue weighted by molar-refractivity contribution is -0.274. The van der Waals surface area contributed by atoms with Crippen LogP contribution in [0.3, 0.4) is 0 Å². The molecular formula is C17H13F3O5. The zero-order chi connectivity index (χ0) is 18.4.